The summed E-state index contributed by atoms with van der Waals surface area (Å²) in [5, 5.41) is 2.78. The van der Waals surface area contributed by atoms with E-state index in [4.69, 9.17) is 9.15 Å². The summed E-state index contributed by atoms with van der Waals surface area (Å²) in [5.41, 5.74) is 1.34. The summed E-state index contributed by atoms with van der Waals surface area (Å²) in [5.74, 6) is 1.20. The SMILES string of the molecule is O=C(COc1ccccc1)Nc1ccc(-c2cc3c(o2)CCN(C(=O)c2cccc(C(F)(F)F)c2)C3)cc1. The van der Waals surface area contributed by atoms with E-state index in [1.165, 1.54) is 17.0 Å². The van der Waals surface area contributed by atoms with Gasteiger partial charge in [0.25, 0.3) is 11.8 Å². The molecule has 0 aliphatic carbocycles. The van der Waals surface area contributed by atoms with Crippen LogP contribution in [0.4, 0.5) is 18.9 Å². The summed E-state index contributed by atoms with van der Waals surface area (Å²) in [7, 11) is 0. The van der Waals surface area contributed by atoms with Gasteiger partial charge in [-0.05, 0) is 60.7 Å². The monoisotopic (exact) mass is 520 g/mol. The van der Waals surface area contributed by atoms with E-state index in [0.717, 1.165) is 29.0 Å². The summed E-state index contributed by atoms with van der Waals surface area (Å²) in [6.07, 6.45) is -4.06. The van der Waals surface area contributed by atoms with Gasteiger partial charge >= 0.3 is 6.18 Å². The molecular formula is C29H23F3N2O4. The van der Waals surface area contributed by atoms with Crippen LogP contribution in [0.1, 0.15) is 27.2 Å². The number of carbonyl (C=O) groups is 2. The van der Waals surface area contributed by atoms with Crippen LogP contribution in [0.3, 0.4) is 0 Å². The number of benzene rings is 3. The van der Waals surface area contributed by atoms with Gasteiger partial charge in [-0.3, -0.25) is 9.59 Å². The number of ether oxygens (including phenoxy) is 1. The van der Waals surface area contributed by atoms with E-state index in [0.29, 0.717) is 30.2 Å². The van der Waals surface area contributed by atoms with Crippen LogP contribution in [-0.2, 0) is 23.9 Å². The van der Waals surface area contributed by atoms with Crippen LogP contribution in [0.25, 0.3) is 11.3 Å². The van der Waals surface area contributed by atoms with Gasteiger partial charge < -0.3 is 19.4 Å². The van der Waals surface area contributed by atoms with E-state index in [1.807, 2.05) is 36.4 Å². The molecule has 1 aliphatic heterocycles. The van der Waals surface area contributed by atoms with E-state index in [1.54, 1.807) is 24.3 Å². The third-order valence-electron chi connectivity index (χ3n) is 6.16. The van der Waals surface area contributed by atoms with Gasteiger partial charge in [-0.15, -0.1) is 0 Å². The third kappa shape index (κ3) is 5.72. The van der Waals surface area contributed by atoms with Gasteiger partial charge in [-0.2, -0.15) is 13.2 Å². The molecule has 0 atom stereocenters. The fourth-order valence-corrected chi connectivity index (χ4v) is 4.24. The second-order valence-corrected chi connectivity index (χ2v) is 8.84. The molecule has 1 aromatic heterocycles. The Morgan fingerprint density at radius 3 is 2.45 bits per heavy atom. The summed E-state index contributed by atoms with van der Waals surface area (Å²) in [6, 6.07) is 22.5. The zero-order valence-corrected chi connectivity index (χ0v) is 20.1. The highest BCUT2D eigenvalue weighted by molar-refractivity contribution is 5.94. The summed E-state index contributed by atoms with van der Waals surface area (Å²) in [6.45, 7) is 0.459. The van der Waals surface area contributed by atoms with Crippen molar-refractivity contribution in [2.75, 3.05) is 18.5 Å². The maximum absolute atomic E-state index is 13.1. The zero-order valence-electron chi connectivity index (χ0n) is 20.1. The molecule has 0 radical (unpaired) electrons. The highest BCUT2D eigenvalue weighted by atomic mass is 19.4. The number of nitrogens with one attached hydrogen (secondary N) is 1. The molecule has 3 aromatic carbocycles. The molecule has 0 spiro atoms. The van der Waals surface area contributed by atoms with Crippen LogP contribution >= 0.6 is 0 Å². The standard InChI is InChI=1S/C29H23F3N2O4/c30-29(31,32)22-6-4-5-20(15-22)28(36)34-14-13-25-21(17-34)16-26(38-25)19-9-11-23(12-10-19)33-27(35)18-37-24-7-2-1-3-8-24/h1-12,15-16H,13-14,17-18H2,(H,33,35). The Morgan fingerprint density at radius 2 is 1.71 bits per heavy atom. The second-order valence-electron chi connectivity index (χ2n) is 8.84. The molecule has 1 N–H and O–H groups in total. The van der Waals surface area contributed by atoms with E-state index in [2.05, 4.69) is 5.32 Å². The van der Waals surface area contributed by atoms with Gasteiger partial charge in [-0.1, -0.05) is 24.3 Å². The van der Waals surface area contributed by atoms with Crippen molar-refractivity contribution < 1.29 is 31.9 Å². The predicted molar refractivity (Wildman–Crippen MR) is 135 cm³/mol. The fraction of sp³-hybridized carbons (Fsp3) is 0.172. The Balaban J connectivity index is 1.21. The molecule has 6 nitrogen and oxygen atoms in total. The number of halogens is 3. The van der Waals surface area contributed by atoms with Crippen molar-refractivity contribution >= 4 is 17.5 Å². The van der Waals surface area contributed by atoms with Crippen molar-refractivity contribution in [2.45, 2.75) is 19.1 Å². The predicted octanol–water partition coefficient (Wildman–Crippen LogP) is 6.18. The Labute approximate surface area is 216 Å². The number of hydrogen-bond acceptors (Lipinski definition) is 4. The molecule has 0 bridgehead atoms. The van der Waals surface area contributed by atoms with Crippen molar-refractivity contribution in [3.05, 3.63) is 107 Å². The van der Waals surface area contributed by atoms with Gasteiger partial charge in [0.2, 0.25) is 0 Å². The molecule has 4 aromatic rings. The highest BCUT2D eigenvalue weighted by Gasteiger charge is 2.32. The van der Waals surface area contributed by atoms with Crippen LogP contribution in [0, 0.1) is 0 Å². The first kappa shape index (κ1) is 25.1. The average molecular weight is 521 g/mol. The minimum atomic E-state index is -4.51. The number of alkyl halides is 3. The molecule has 0 unspecified atom stereocenters. The lowest BCUT2D eigenvalue weighted by Crippen LogP contribution is -2.35. The minimum absolute atomic E-state index is 0.00111. The molecule has 0 fully saturated rings. The number of fused-ring (bicyclic) bond motifs is 1. The molecule has 0 saturated heterocycles. The lowest BCUT2D eigenvalue weighted by Gasteiger charge is -2.26. The molecule has 2 amide bonds. The maximum Gasteiger partial charge on any atom is 0.416 e. The van der Waals surface area contributed by atoms with Crippen molar-refractivity contribution in [3.8, 4) is 17.1 Å². The largest absolute Gasteiger partial charge is 0.484 e. The molecule has 194 valence electrons. The van der Waals surface area contributed by atoms with Crippen molar-refractivity contribution in [1.29, 1.82) is 0 Å². The first-order chi connectivity index (χ1) is 18.3. The summed E-state index contributed by atoms with van der Waals surface area (Å²) < 4.78 is 50.6. The van der Waals surface area contributed by atoms with Crippen LogP contribution in [-0.4, -0.2) is 29.9 Å². The highest BCUT2D eigenvalue weighted by Crippen LogP contribution is 2.32. The van der Waals surface area contributed by atoms with E-state index < -0.39 is 17.6 Å². The Kier molecular flexibility index (Phi) is 6.91. The van der Waals surface area contributed by atoms with Crippen LogP contribution in [0.15, 0.2) is 89.3 Å². The summed E-state index contributed by atoms with van der Waals surface area (Å²) >= 11 is 0. The van der Waals surface area contributed by atoms with E-state index >= 15 is 0 Å². The lowest BCUT2D eigenvalue weighted by molar-refractivity contribution is -0.137. The van der Waals surface area contributed by atoms with Gasteiger partial charge in [0, 0.05) is 41.9 Å². The molecule has 38 heavy (non-hydrogen) atoms. The van der Waals surface area contributed by atoms with Gasteiger partial charge in [0.1, 0.15) is 17.3 Å². The smallest absolute Gasteiger partial charge is 0.416 e. The van der Waals surface area contributed by atoms with Crippen LogP contribution in [0.2, 0.25) is 0 Å². The van der Waals surface area contributed by atoms with Crippen molar-refractivity contribution in [1.82, 2.24) is 4.90 Å². The molecule has 2 heterocycles. The van der Waals surface area contributed by atoms with Crippen LogP contribution in [0.5, 0.6) is 5.75 Å². The average Bonchev–Trinajstić information content (AvgIpc) is 3.36. The van der Waals surface area contributed by atoms with Crippen molar-refractivity contribution in [2.24, 2.45) is 0 Å². The fourth-order valence-electron chi connectivity index (χ4n) is 4.24. The van der Waals surface area contributed by atoms with E-state index in [9.17, 15) is 22.8 Å². The Hall–Kier alpha value is -4.53. The van der Waals surface area contributed by atoms with Crippen LogP contribution < -0.4 is 10.1 Å². The number of carbonyl (C=O) groups excluding carboxylic acids is 2. The van der Waals surface area contributed by atoms with E-state index in [-0.39, 0.29) is 24.6 Å². The Morgan fingerprint density at radius 1 is 0.947 bits per heavy atom. The summed E-state index contributed by atoms with van der Waals surface area (Å²) in [4.78, 5) is 26.6. The third-order valence-corrected chi connectivity index (χ3v) is 6.16. The number of amides is 2. The molecule has 1 aliphatic rings. The Bertz CT molecular complexity index is 1450. The lowest BCUT2D eigenvalue weighted by atomic mass is 10.0. The zero-order chi connectivity index (χ0) is 26.7. The minimum Gasteiger partial charge on any atom is -0.484 e. The number of para-hydroxylation sites is 1. The number of furan rings is 1. The first-order valence-electron chi connectivity index (χ1n) is 11.9. The van der Waals surface area contributed by atoms with Gasteiger partial charge in [0.05, 0.1) is 5.56 Å². The number of anilines is 1. The molecular weight excluding hydrogens is 497 g/mol. The van der Waals surface area contributed by atoms with Gasteiger partial charge in [-0.25, -0.2) is 0 Å². The number of hydrogen-bond donors (Lipinski definition) is 1. The second kappa shape index (κ2) is 10.5. The number of rotatable bonds is 6. The topological polar surface area (TPSA) is 71.8 Å². The molecule has 5 rings (SSSR count). The molecule has 9 heteroatoms. The quantitative estimate of drug-likeness (QED) is 0.330. The normalized spacial score (nSPS) is 13.1. The maximum atomic E-state index is 13.1. The first-order valence-corrected chi connectivity index (χ1v) is 11.9. The van der Waals surface area contributed by atoms with Gasteiger partial charge in [0.15, 0.2) is 6.61 Å². The molecule has 0 saturated carbocycles. The number of nitrogens with zero attached hydrogens (tertiary/aromatic N) is 1. The van der Waals surface area contributed by atoms with Crippen molar-refractivity contribution in [3.63, 3.8) is 0 Å².